The summed E-state index contributed by atoms with van der Waals surface area (Å²) in [6, 6.07) is 32.5. The molecule has 5 heteroatoms. The molecule has 5 aromatic rings. The van der Waals surface area contributed by atoms with Gasteiger partial charge in [-0.15, -0.1) is 11.3 Å². The van der Waals surface area contributed by atoms with Crippen molar-refractivity contribution in [3.05, 3.63) is 113 Å². The zero-order valence-electron chi connectivity index (χ0n) is 17.3. The molecule has 1 N–H and O–H groups in total. The molecule has 0 saturated heterocycles. The number of halogens is 1. The van der Waals surface area contributed by atoms with Crippen LogP contribution in [0.5, 0.6) is 5.75 Å². The maximum atomic E-state index is 5.94. The van der Waals surface area contributed by atoms with Crippen molar-refractivity contribution < 1.29 is 4.74 Å². The Morgan fingerprint density at radius 1 is 0.812 bits per heavy atom. The van der Waals surface area contributed by atoms with Gasteiger partial charge in [-0.1, -0.05) is 48.0 Å². The zero-order chi connectivity index (χ0) is 21.8. The Morgan fingerprint density at radius 3 is 2.44 bits per heavy atom. The predicted molar refractivity (Wildman–Crippen MR) is 135 cm³/mol. The molecule has 0 spiro atoms. The van der Waals surface area contributed by atoms with E-state index in [-0.39, 0.29) is 0 Å². The summed E-state index contributed by atoms with van der Waals surface area (Å²) in [6.45, 7) is 1.24. The Morgan fingerprint density at radius 2 is 1.62 bits per heavy atom. The number of hydrogen-bond donors (Lipinski definition) is 1. The van der Waals surface area contributed by atoms with Crippen LogP contribution >= 0.6 is 22.9 Å². The molecule has 0 fully saturated rings. The Labute approximate surface area is 196 Å². The SMILES string of the molecule is Clc1ccc(COc2cccc(CNc3ccc(-c4nc5ccccc5s4)cc3)c2)cc1. The van der Waals surface area contributed by atoms with Gasteiger partial charge in [-0.3, -0.25) is 0 Å². The van der Waals surface area contributed by atoms with Gasteiger partial charge in [-0.25, -0.2) is 4.98 Å². The summed E-state index contributed by atoms with van der Waals surface area (Å²) in [5.74, 6) is 0.852. The van der Waals surface area contributed by atoms with E-state index >= 15 is 0 Å². The minimum Gasteiger partial charge on any atom is -0.489 e. The third kappa shape index (κ3) is 4.93. The summed E-state index contributed by atoms with van der Waals surface area (Å²) in [4.78, 5) is 4.74. The van der Waals surface area contributed by atoms with Crippen LogP contribution in [0.4, 0.5) is 5.69 Å². The molecule has 1 heterocycles. The fraction of sp³-hybridized carbons (Fsp3) is 0.0741. The molecule has 1 aromatic heterocycles. The monoisotopic (exact) mass is 456 g/mol. The maximum Gasteiger partial charge on any atom is 0.124 e. The lowest BCUT2D eigenvalue weighted by molar-refractivity contribution is 0.306. The van der Waals surface area contributed by atoms with Gasteiger partial charge < -0.3 is 10.1 Å². The van der Waals surface area contributed by atoms with E-state index in [0.717, 1.165) is 50.2 Å². The van der Waals surface area contributed by atoms with Gasteiger partial charge in [0.25, 0.3) is 0 Å². The highest BCUT2D eigenvalue weighted by molar-refractivity contribution is 7.21. The van der Waals surface area contributed by atoms with Crippen molar-refractivity contribution in [1.29, 1.82) is 0 Å². The second kappa shape index (κ2) is 9.43. The Bertz CT molecular complexity index is 1300. The average Bonchev–Trinajstić information content (AvgIpc) is 3.27. The van der Waals surface area contributed by atoms with E-state index in [2.05, 4.69) is 59.9 Å². The molecule has 32 heavy (non-hydrogen) atoms. The first kappa shape index (κ1) is 20.6. The zero-order valence-corrected chi connectivity index (χ0v) is 18.9. The second-order valence-corrected chi connectivity index (χ2v) is 8.95. The molecule has 0 aliphatic heterocycles. The number of nitrogens with zero attached hydrogens (tertiary/aromatic N) is 1. The van der Waals surface area contributed by atoms with Crippen LogP contribution in [-0.4, -0.2) is 4.98 Å². The molecule has 0 amide bonds. The highest BCUT2D eigenvalue weighted by Gasteiger charge is 2.06. The highest BCUT2D eigenvalue weighted by atomic mass is 35.5. The molecule has 0 unspecified atom stereocenters. The number of thiazole rings is 1. The van der Waals surface area contributed by atoms with E-state index in [1.165, 1.54) is 4.70 Å². The van der Waals surface area contributed by atoms with Crippen LogP contribution in [0.1, 0.15) is 11.1 Å². The summed E-state index contributed by atoms with van der Waals surface area (Å²) in [7, 11) is 0. The Hall–Kier alpha value is -3.34. The van der Waals surface area contributed by atoms with Crippen LogP contribution in [0.2, 0.25) is 5.02 Å². The van der Waals surface area contributed by atoms with Crippen molar-refractivity contribution in [2.75, 3.05) is 5.32 Å². The number of rotatable bonds is 7. The van der Waals surface area contributed by atoms with Crippen molar-refractivity contribution in [3.63, 3.8) is 0 Å². The number of para-hydroxylation sites is 1. The fourth-order valence-corrected chi connectivity index (χ4v) is 4.52. The highest BCUT2D eigenvalue weighted by Crippen LogP contribution is 2.30. The van der Waals surface area contributed by atoms with E-state index in [0.29, 0.717) is 6.61 Å². The average molecular weight is 457 g/mol. The summed E-state index contributed by atoms with van der Waals surface area (Å²) >= 11 is 7.66. The van der Waals surface area contributed by atoms with Crippen molar-refractivity contribution in [1.82, 2.24) is 4.98 Å². The smallest absolute Gasteiger partial charge is 0.124 e. The molecule has 0 radical (unpaired) electrons. The van der Waals surface area contributed by atoms with Gasteiger partial charge in [-0.05, 0) is 71.8 Å². The Kier molecular flexibility index (Phi) is 6.06. The first-order valence-electron chi connectivity index (χ1n) is 10.4. The van der Waals surface area contributed by atoms with Crippen LogP contribution in [0.15, 0.2) is 97.1 Å². The molecule has 0 aliphatic rings. The lowest BCUT2D eigenvalue weighted by atomic mass is 10.2. The molecule has 3 nitrogen and oxygen atoms in total. The molecule has 0 aliphatic carbocycles. The third-order valence-corrected chi connectivity index (χ3v) is 6.48. The van der Waals surface area contributed by atoms with E-state index < -0.39 is 0 Å². The van der Waals surface area contributed by atoms with Crippen LogP contribution in [0.3, 0.4) is 0 Å². The topological polar surface area (TPSA) is 34.1 Å². The standard InChI is InChI=1S/C27H21ClN2OS/c28-22-12-8-19(9-13-22)18-31-24-5-3-4-20(16-24)17-29-23-14-10-21(11-15-23)27-30-25-6-1-2-7-26(25)32-27/h1-16,29H,17-18H2. The number of benzene rings is 4. The van der Waals surface area contributed by atoms with Gasteiger partial charge in [0.15, 0.2) is 0 Å². The molecular formula is C27H21ClN2OS. The van der Waals surface area contributed by atoms with Crippen molar-refractivity contribution in [2.24, 2.45) is 0 Å². The summed E-state index contributed by atoms with van der Waals surface area (Å²) in [5, 5.41) is 5.26. The van der Waals surface area contributed by atoms with E-state index in [4.69, 9.17) is 21.3 Å². The minimum absolute atomic E-state index is 0.515. The number of ether oxygens (including phenoxy) is 1. The molecular weight excluding hydrogens is 436 g/mol. The number of aromatic nitrogens is 1. The van der Waals surface area contributed by atoms with Crippen LogP contribution < -0.4 is 10.1 Å². The first-order chi connectivity index (χ1) is 15.7. The van der Waals surface area contributed by atoms with Gasteiger partial charge >= 0.3 is 0 Å². The normalized spacial score (nSPS) is 10.9. The van der Waals surface area contributed by atoms with Crippen molar-refractivity contribution >= 4 is 38.8 Å². The summed E-state index contributed by atoms with van der Waals surface area (Å²) in [5.41, 5.74) is 5.50. The van der Waals surface area contributed by atoms with Gasteiger partial charge in [0.05, 0.1) is 10.2 Å². The van der Waals surface area contributed by atoms with Gasteiger partial charge in [-0.2, -0.15) is 0 Å². The fourth-order valence-electron chi connectivity index (χ4n) is 3.42. The molecule has 158 valence electrons. The summed E-state index contributed by atoms with van der Waals surface area (Å²) < 4.78 is 7.15. The van der Waals surface area contributed by atoms with Crippen molar-refractivity contribution in [3.8, 4) is 16.3 Å². The number of anilines is 1. The van der Waals surface area contributed by atoms with Gasteiger partial charge in [0, 0.05) is 22.8 Å². The Balaban J connectivity index is 1.20. The van der Waals surface area contributed by atoms with E-state index in [9.17, 15) is 0 Å². The molecule has 0 bridgehead atoms. The van der Waals surface area contributed by atoms with Gasteiger partial charge in [0.2, 0.25) is 0 Å². The predicted octanol–water partition coefficient (Wildman–Crippen LogP) is 7.81. The quantitative estimate of drug-likeness (QED) is 0.271. The largest absolute Gasteiger partial charge is 0.489 e. The van der Waals surface area contributed by atoms with E-state index in [1.807, 2.05) is 42.5 Å². The van der Waals surface area contributed by atoms with Gasteiger partial charge in [0.1, 0.15) is 17.4 Å². The molecule has 0 saturated carbocycles. The second-order valence-electron chi connectivity index (χ2n) is 7.48. The number of nitrogens with one attached hydrogen (secondary N) is 1. The van der Waals surface area contributed by atoms with Crippen LogP contribution in [-0.2, 0) is 13.2 Å². The molecule has 0 atom stereocenters. The molecule has 5 rings (SSSR count). The molecule has 4 aromatic carbocycles. The maximum absolute atomic E-state index is 5.94. The number of fused-ring (bicyclic) bond motifs is 1. The van der Waals surface area contributed by atoms with E-state index in [1.54, 1.807) is 11.3 Å². The van der Waals surface area contributed by atoms with Crippen molar-refractivity contribution in [2.45, 2.75) is 13.2 Å². The number of hydrogen-bond acceptors (Lipinski definition) is 4. The lowest BCUT2D eigenvalue weighted by Gasteiger charge is -2.10. The first-order valence-corrected chi connectivity index (χ1v) is 11.6. The van der Waals surface area contributed by atoms with Crippen LogP contribution in [0, 0.1) is 0 Å². The third-order valence-electron chi connectivity index (χ3n) is 5.14. The summed E-state index contributed by atoms with van der Waals surface area (Å²) in [6.07, 6.45) is 0. The minimum atomic E-state index is 0.515. The lowest BCUT2D eigenvalue weighted by Crippen LogP contribution is -2.00. The van der Waals surface area contributed by atoms with Crippen LogP contribution in [0.25, 0.3) is 20.8 Å².